The molecule has 1 aromatic rings. The van der Waals surface area contributed by atoms with E-state index in [1.807, 2.05) is 30.3 Å². The zero-order valence-corrected chi connectivity index (χ0v) is 8.93. The van der Waals surface area contributed by atoms with Crippen LogP contribution >= 0.6 is 0 Å². The number of alkyl carbamates (subject to hydrolysis) is 1. The van der Waals surface area contributed by atoms with Gasteiger partial charge in [-0.1, -0.05) is 30.3 Å². The van der Waals surface area contributed by atoms with Gasteiger partial charge in [0.15, 0.2) is 0 Å². The molecule has 1 fully saturated rings. The molecule has 16 heavy (non-hydrogen) atoms. The molecule has 2 atom stereocenters. The monoisotopic (exact) mass is 221 g/mol. The molecular formula is C12H15NO3. The lowest BCUT2D eigenvalue weighted by Crippen LogP contribution is -2.34. The van der Waals surface area contributed by atoms with Gasteiger partial charge in [-0.3, -0.25) is 0 Å². The molecule has 86 valence electrons. The fourth-order valence-corrected chi connectivity index (χ4v) is 1.94. The summed E-state index contributed by atoms with van der Waals surface area (Å²) in [7, 11) is 0. The molecule has 1 heterocycles. The molecule has 0 aromatic heterocycles. The van der Waals surface area contributed by atoms with Gasteiger partial charge in [0.05, 0.1) is 6.04 Å². The molecular weight excluding hydrogens is 206 g/mol. The first kappa shape index (κ1) is 11.0. The van der Waals surface area contributed by atoms with Crippen LogP contribution in [0.15, 0.2) is 30.3 Å². The SMILES string of the molecule is O=C1N[C@@H](Cc2ccccc2)[C@H](CCO)O1. The van der Waals surface area contributed by atoms with Crippen LogP contribution in [0.4, 0.5) is 4.79 Å². The summed E-state index contributed by atoms with van der Waals surface area (Å²) < 4.78 is 5.08. The van der Waals surface area contributed by atoms with Gasteiger partial charge in [-0.2, -0.15) is 0 Å². The van der Waals surface area contributed by atoms with Gasteiger partial charge in [0.25, 0.3) is 0 Å². The van der Waals surface area contributed by atoms with Crippen LogP contribution in [-0.2, 0) is 11.2 Å². The van der Waals surface area contributed by atoms with Crippen molar-refractivity contribution < 1.29 is 14.6 Å². The number of amides is 1. The molecule has 0 saturated carbocycles. The lowest BCUT2D eigenvalue weighted by atomic mass is 10.0. The summed E-state index contributed by atoms with van der Waals surface area (Å²) in [5, 5.41) is 11.6. The standard InChI is InChI=1S/C12H15NO3/c14-7-6-11-10(13-12(15)16-11)8-9-4-2-1-3-5-9/h1-5,10-11,14H,6-8H2,(H,13,15)/t10-,11-/m0/s1. The Morgan fingerprint density at radius 2 is 2.06 bits per heavy atom. The minimum absolute atomic E-state index is 0.0327. The van der Waals surface area contributed by atoms with Crippen LogP contribution < -0.4 is 5.32 Å². The van der Waals surface area contributed by atoms with E-state index >= 15 is 0 Å². The van der Waals surface area contributed by atoms with Gasteiger partial charge in [0, 0.05) is 13.0 Å². The van der Waals surface area contributed by atoms with Crippen molar-refractivity contribution in [3.05, 3.63) is 35.9 Å². The number of benzene rings is 1. The summed E-state index contributed by atoms with van der Waals surface area (Å²) in [5.41, 5.74) is 1.15. The van der Waals surface area contributed by atoms with E-state index in [0.717, 1.165) is 12.0 Å². The molecule has 1 saturated heterocycles. The summed E-state index contributed by atoms with van der Waals surface area (Å²) in [4.78, 5) is 11.1. The number of aliphatic hydroxyl groups is 1. The minimum atomic E-state index is -0.389. The second-order valence-electron chi connectivity index (χ2n) is 3.90. The van der Waals surface area contributed by atoms with Crippen LogP contribution in [0.5, 0.6) is 0 Å². The maximum absolute atomic E-state index is 11.1. The Bertz CT molecular complexity index is 353. The van der Waals surface area contributed by atoms with E-state index in [4.69, 9.17) is 9.84 Å². The number of rotatable bonds is 4. The zero-order chi connectivity index (χ0) is 11.4. The van der Waals surface area contributed by atoms with Crippen LogP contribution in [-0.4, -0.2) is 30.0 Å². The van der Waals surface area contributed by atoms with Crippen molar-refractivity contribution >= 4 is 6.09 Å². The first-order valence-electron chi connectivity index (χ1n) is 5.41. The van der Waals surface area contributed by atoms with Crippen molar-refractivity contribution in [3.8, 4) is 0 Å². The van der Waals surface area contributed by atoms with Gasteiger partial charge in [0.1, 0.15) is 6.10 Å². The molecule has 4 heteroatoms. The van der Waals surface area contributed by atoms with Crippen LogP contribution in [0.1, 0.15) is 12.0 Å². The lowest BCUT2D eigenvalue weighted by molar-refractivity contribution is 0.110. The lowest BCUT2D eigenvalue weighted by Gasteiger charge is -2.15. The third kappa shape index (κ3) is 2.52. The van der Waals surface area contributed by atoms with Crippen molar-refractivity contribution in [2.24, 2.45) is 0 Å². The Balaban J connectivity index is 2.00. The fourth-order valence-electron chi connectivity index (χ4n) is 1.94. The van der Waals surface area contributed by atoms with E-state index in [-0.39, 0.29) is 24.8 Å². The first-order valence-corrected chi connectivity index (χ1v) is 5.41. The fraction of sp³-hybridized carbons (Fsp3) is 0.417. The number of cyclic esters (lactones) is 1. The Morgan fingerprint density at radius 3 is 2.75 bits per heavy atom. The molecule has 1 aromatic carbocycles. The van der Waals surface area contributed by atoms with Gasteiger partial charge < -0.3 is 15.2 Å². The van der Waals surface area contributed by atoms with Crippen molar-refractivity contribution in [3.63, 3.8) is 0 Å². The Morgan fingerprint density at radius 1 is 1.31 bits per heavy atom. The molecule has 2 rings (SSSR count). The highest BCUT2D eigenvalue weighted by atomic mass is 16.6. The molecule has 0 radical (unpaired) electrons. The summed E-state index contributed by atoms with van der Waals surface area (Å²) in [6, 6.07) is 9.88. The second kappa shape index (κ2) is 4.99. The molecule has 1 aliphatic rings. The average Bonchev–Trinajstić information content (AvgIpc) is 2.61. The summed E-state index contributed by atoms with van der Waals surface area (Å²) in [6.45, 7) is 0.0327. The number of hydrogen-bond acceptors (Lipinski definition) is 3. The third-order valence-corrected chi connectivity index (χ3v) is 2.72. The topological polar surface area (TPSA) is 58.6 Å². The van der Waals surface area contributed by atoms with Crippen LogP contribution in [0.3, 0.4) is 0 Å². The van der Waals surface area contributed by atoms with E-state index in [0.29, 0.717) is 6.42 Å². The van der Waals surface area contributed by atoms with Crippen molar-refractivity contribution in [2.45, 2.75) is 25.0 Å². The van der Waals surface area contributed by atoms with E-state index in [2.05, 4.69) is 5.32 Å². The molecule has 2 N–H and O–H groups in total. The third-order valence-electron chi connectivity index (χ3n) is 2.72. The van der Waals surface area contributed by atoms with Crippen LogP contribution in [0.2, 0.25) is 0 Å². The van der Waals surface area contributed by atoms with Crippen LogP contribution in [0.25, 0.3) is 0 Å². The molecule has 4 nitrogen and oxygen atoms in total. The van der Waals surface area contributed by atoms with Gasteiger partial charge in [-0.05, 0) is 12.0 Å². The highest BCUT2D eigenvalue weighted by Gasteiger charge is 2.33. The second-order valence-corrected chi connectivity index (χ2v) is 3.90. The molecule has 0 aliphatic carbocycles. The van der Waals surface area contributed by atoms with Gasteiger partial charge in [-0.15, -0.1) is 0 Å². The molecule has 0 spiro atoms. The highest BCUT2D eigenvalue weighted by Crippen LogP contribution is 2.16. The van der Waals surface area contributed by atoms with Crippen molar-refractivity contribution in [2.75, 3.05) is 6.61 Å². The largest absolute Gasteiger partial charge is 0.444 e. The van der Waals surface area contributed by atoms with E-state index in [1.54, 1.807) is 0 Å². The molecule has 0 unspecified atom stereocenters. The Labute approximate surface area is 94.2 Å². The number of nitrogens with one attached hydrogen (secondary N) is 1. The van der Waals surface area contributed by atoms with E-state index in [9.17, 15) is 4.79 Å². The smallest absolute Gasteiger partial charge is 0.407 e. The average molecular weight is 221 g/mol. The summed E-state index contributed by atoms with van der Waals surface area (Å²) in [5.74, 6) is 0. The normalized spacial score (nSPS) is 23.9. The number of ether oxygens (including phenoxy) is 1. The number of carbonyl (C=O) groups excluding carboxylic acids is 1. The van der Waals surface area contributed by atoms with Gasteiger partial charge in [0.2, 0.25) is 0 Å². The molecule has 1 amide bonds. The summed E-state index contributed by atoms with van der Waals surface area (Å²) >= 11 is 0. The molecule has 0 bridgehead atoms. The predicted octanol–water partition coefficient (Wildman–Crippen LogP) is 1.09. The number of aliphatic hydroxyl groups excluding tert-OH is 1. The van der Waals surface area contributed by atoms with Crippen molar-refractivity contribution in [1.29, 1.82) is 0 Å². The van der Waals surface area contributed by atoms with E-state index < -0.39 is 0 Å². The van der Waals surface area contributed by atoms with Gasteiger partial charge >= 0.3 is 6.09 Å². The highest BCUT2D eigenvalue weighted by molar-refractivity contribution is 5.70. The minimum Gasteiger partial charge on any atom is -0.444 e. The zero-order valence-electron chi connectivity index (χ0n) is 8.93. The first-order chi connectivity index (χ1) is 7.79. The summed E-state index contributed by atoms with van der Waals surface area (Å²) in [6.07, 6.45) is 0.602. The molecule has 1 aliphatic heterocycles. The predicted molar refractivity (Wildman–Crippen MR) is 59.0 cm³/mol. The van der Waals surface area contributed by atoms with Gasteiger partial charge in [-0.25, -0.2) is 4.79 Å². The quantitative estimate of drug-likeness (QED) is 0.800. The number of hydrogen-bond donors (Lipinski definition) is 2. The van der Waals surface area contributed by atoms with Crippen LogP contribution in [0, 0.1) is 0 Å². The van der Waals surface area contributed by atoms with Crippen molar-refractivity contribution in [1.82, 2.24) is 5.32 Å². The Kier molecular flexibility index (Phi) is 3.41. The van der Waals surface area contributed by atoms with E-state index in [1.165, 1.54) is 0 Å². The maximum atomic E-state index is 11.1. The maximum Gasteiger partial charge on any atom is 0.407 e. The number of carbonyl (C=O) groups is 1. The Hall–Kier alpha value is -1.55.